The van der Waals surface area contributed by atoms with E-state index in [9.17, 15) is 4.79 Å². The average molecular weight is 309 g/mol. The fourth-order valence-corrected chi connectivity index (χ4v) is 3.26. The maximum Gasteiger partial charge on any atom is 0.255 e. The predicted octanol–water partition coefficient (Wildman–Crippen LogP) is 3.36. The maximum absolute atomic E-state index is 11.9. The zero-order chi connectivity index (χ0) is 11.8. The topological polar surface area (TPSA) is 41.1 Å². The second-order valence-corrected chi connectivity index (χ2v) is 6.23. The van der Waals surface area contributed by atoms with Crippen LogP contribution >= 0.6 is 27.3 Å². The first-order valence-corrected chi connectivity index (χ1v) is 6.76. The van der Waals surface area contributed by atoms with E-state index in [1.807, 2.05) is 36.4 Å². The lowest BCUT2D eigenvalue weighted by atomic mass is 10.1. The van der Waals surface area contributed by atoms with Crippen molar-refractivity contribution in [3.63, 3.8) is 0 Å². The van der Waals surface area contributed by atoms with Gasteiger partial charge < -0.3 is 10.6 Å². The number of anilines is 1. The van der Waals surface area contributed by atoms with Crippen LogP contribution in [0.4, 0.5) is 5.69 Å². The molecule has 1 aliphatic heterocycles. The van der Waals surface area contributed by atoms with Gasteiger partial charge in [-0.05, 0) is 40.2 Å². The molecule has 5 heteroatoms. The molecule has 1 unspecified atom stereocenters. The van der Waals surface area contributed by atoms with Crippen molar-refractivity contribution in [2.45, 2.75) is 6.17 Å². The molecule has 0 spiro atoms. The van der Waals surface area contributed by atoms with Gasteiger partial charge in [0, 0.05) is 10.6 Å². The van der Waals surface area contributed by atoms with Gasteiger partial charge >= 0.3 is 0 Å². The maximum atomic E-state index is 11.9. The number of rotatable bonds is 1. The highest BCUT2D eigenvalue weighted by molar-refractivity contribution is 9.11. The smallest absolute Gasteiger partial charge is 0.255 e. The summed E-state index contributed by atoms with van der Waals surface area (Å²) in [7, 11) is 0. The van der Waals surface area contributed by atoms with Gasteiger partial charge in [-0.15, -0.1) is 11.3 Å². The van der Waals surface area contributed by atoms with Crippen molar-refractivity contribution < 1.29 is 4.79 Å². The van der Waals surface area contributed by atoms with Crippen molar-refractivity contribution in [2.24, 2.45) is 0 Å². The van der Waals surface area contributed by atoms with Crippen LogP contribution in [-0.2, 0) is 0 Å². The number of para-hydroxylation sites is 1. The summed E-state index contributed by atoms with van der Waals surface area (Å²) in [5.74, 6) is -0.0335. The summed E-state index contributed by atoms with van der Waals surface area (Å²) in [5.41, 5.74) is 1.57. The molecule has 1 aromatic heterocycles. The quantitative estimate of drug-likeness (QED) is 0.848. The molecule has 86 valence electrons. The minimum absolute atomic E-state index is 0.0335. The average Bonchev–Trinajstić information content (AvgIpc) is 2.76. The Morgan fingerprint density at radius 1 is 1.12 bits per heavy atom. The molecule has 3 rings (SSSR count). The SMILES string of the molecule is O=C1NC(c2ccc(Br)s2)Nc2ccccc21. The van der Waals surface area contributed by atoms with Gasteiger partial charge in [0.05, 0.1) is 9.35 Å². The summed E-state index contributed by atoms with van der Waals surface area (Å²) in [6.07, 6.45) is -0.145. The summed E-state index contributed by atoms with van der Waals surface area (Å²) >= 11 is 5.03. The molecule has 0 bridgehead atoms. The van der Waals surface area contributed by atoms with Crippen LogP contribution in [0.25, 0.3) is 0 Å². The van der Waals surface area contributed by atoms with Gasteiger partial charge in [0.25, 0.3) is 5.91 Å². The number of fused-ring (bicyclic) bond motifs is 1. The van der Waals surface area contributed by atoms with Gasteiger partial charge in [-0.1, -0.05) is 12.1 Å². The second kappa shape index (κ2) is 4.16. The Morgan fingerprint density at radius 3 is 2.71 bits per heavy atom. The fraction of sp³-hybridized carbons (Fsp3) is 0.0833. The van der Waals surface area contributed by atoms with Crippen LogP contribution in [0.15, 0.2) is 40.2 Å². The highest BCUT2D eigenvalue weighted by atomic mass is 79.9. The Morgan fingerprint density at radius 2 is 1.94 bits per heavy atom. The van der Waals surface area contributed by atoms with Crippen molar-refractivity contribution in [3.05, 3.63) is 50.6 Å². The number of benzene rings is 1. The van der Waals surface area contributed by atoms with E-state index in [1.165, 1.54) is 0 Å². The molecule has 1 atom stereocenters. The van der Waals surface area contributed by atoms with Crippen LogP contribution in [0, 0.1) is 0 Å². The summed E-state index contributed by atoms with van der Waals surface area (Å²) in [4.78, 5) is 13.0. The van der Waals surface area contributed by atoms with Crippen molar-refractivity contribution in [1.29, 1.82) is 0 Å². The van der Waals surface area contributed by atoms with E-state index in [0.717, 1.165) is 14.4 Å². The first kappa shape index (κ1) is 10.8. The number of carbonyl (C=O) groups excluding carboxylic acids is 1. The van der Waals surface area contributed by atoms with E-state index in [-0.39, 0.29) is 12.1 Å². The lowest BCUT2D eigenvalue weighted by Gasteiger charge is -2.26. The number of amides is 1. The molecule has 2 aromatic rings. The zero-order valence-electron chi connectivity index (χ0n) is 8.74. The van der Waals surface area contributed by atoms with Gasteiger partial charge in [0.2, 0.25) is 0 Å². The molecule has 0 saturated carbocycles. The van der Waals surface area contributed by atoms with Crippen molar-refractivity contribution in [1.82, 2.24) is 5.32 Å². The minimum atomic E-state index is -0.145. The third-order valence-electron chi connectivity index (χ3n) is 2.63. The zero-order valence-corrected chi connectivity index (χ0v) is 11.1. The molecule has 1 aromatic carbocycles. The number of halogens is 1. The Hall–Kier alpha value is -1.33. The standard InChI is InChI=1S/C12H9BrN2OS/c13-10-6-5-9(17-10)11-14-8-4-2-1-3-7(8)12(16)15-11/h1-6,11,14H,(H,15,16). The lowest BCUT2D eigenvalue weighted by molar-refractivity contribution is 0.0936. The number of hydrogen-bond donors (Lipinski definition) is 2. The van der Waals surface area contributed by atoms with E-state index in [4.69, 9.17) is 0 Å². The van der Waals surface area contributed by atoms with E-state index < -0.39 is 0 Å². The summed E-state index contributed by atoms with van der Waals surface area (Å²) < 4.78 is 1.06. The highest BCUT2D eigenvalue weighted by Crippen LogP contribution is 2.31. The molecule has 1 aliphatic rings. The Bertz CT molecular complexity index is 581. The Kier molecular flexibility index (Phi) is 2.64. The third kappa shape index (κ3) is 1.96. The van der Waals surface area contributed by atoms with Crippen molar-refractivity contribution in [2.75, 3.05) is 5.32 Å². The Labute approximate surface area is 111 Å². The molecule has 0 fully saturated rings. The van der Waals surface area contributed by atoms with Crippen molar-refractivity contribution in [3.8, 4) is 0 Å². The molecule has 0 aliphatic carbocycles. The summed E-state index contributed by atoms with van der Waals surface area (Å²) in [6, 6.07) is 11.5. The van der Waals surface area contributed by atoms with Crippen LogP contribution in [0.1, 0.15) is 21.4 Å². The van der Waals surface area contributed by atoms with Crippen LogP contribution in [0.5, 0.6) is 0 Å². The van der Waals surface area contributed by atoms with Crippen molar-refractivity contribution >= 4 is 38.9 Å². The van der Waals surface area contributed by atoms with Gasteiger partial charge in [0.1, 0.15) is 6.17 Å². The van der Waals surface area contributed by atoms with E-state index in [2.05, 4.69) is 26.6 Å². The molecule has 0 radical (unpaired) electrons. The summed E-state index contributed by atoms with van der Waals surface area (Å²) in [5, 5.41) is 6.26. The number of carbonyl (C=O) groups is 1. The first-order chi connectivity index (χ1) is 8.24. The van der Waals surface area contributed by atoms with E-state index in [0.29, 0.717) is 5.56 Å². The first-order valence-electron chi connectivity index (χ1n) is 5.16. The molecule has 1 amide bonds. The summed E-state index contributed by atoms with van der Waals surface area (Å²) in [6.45, 7) is 0. The molecule has 17 heavy (non-hydrogen) atoms. The van der Waals surface area contributed by atoms with Gasteiger partial charge in [-0.3, -0.25) is 4.79 Å². The number of nitrogens with one attached hydrogen (secondary N) is 2. The van der Waals surface area contributed by atoms with E-state index in [1.54, 1.807) is 11.3 Å². The number of hydrogen-bond acceptors (Lipinski definition) is 3. The van der Waals surface area contributed by atoms with E-state index >= 15 is 0 Å². The largest absolute Gasteiger partial charge is 0.360 e. The monoisotopic (exact) mass is 308 g/mol. The molecular formula is C12H9BrN2OS. The predicted molar refractivity (Wildman–Crippen MR) is 72.3 cm³/mol. The van der Waals surface area contributed by atoms with Gasteiger partial charge in [0.15, 0.2) is 0 Å². The molecular weight excluding hydrogens is 300 g/mol. The molecule has 3 nitrogen and oxygen atoms in total. The molecule has 2 N–H and O–H groups in total. The van der Waals surface area contributed by atoms with Gasteiger partial charge in [-0.2, -0.15) is 0 Å². The van der Waals surface area contributed by atoms with Crippen LogP contribution in [0.2, 0.25) is 0 Å². The third-order valence-corrected chi connectivity index (χ3v) is 4.31. The normalized spacial score (nSPS) is 18.2. The van der Waals surface area contributed by atoms with Gasteiger partial charge in [-0.25, -0.2) is 0 Å². The fourth-order valence-electron chi connectivity index (χ4n) is 1.83. The number of thiophene rings is 1. The highest BCUT2D eigenvalue weighted by Gasteiger charge is 2.24. The van der Waals surface area contributed by atoms with Crippen LogP contribution < -0.4 is 10.6 Å². The molecule has 2 heterocycles. The minimum Gasteiger partial charge on any atom is -0.360 e. The molecule has 0 saturated heterocycles. The second-order valence-electron chi connectivity index (χ2n) is 3.74. The lowest BCUT2D eigenvalue weighted by Crippen LogP contribution is -2.37. The Balaban J connectivity index is 1.96. The van der Waals surface area contributed by atoms with Crippen LogP contribution in [-0.4, -0.2) is 5.91 Å². The van der Waals surface area contributed by atoms with Crippen LogP contribution in [0.3, 0.4) is 0 Å².